The number of hydrogen-bond donors (Lipinski definition) is 2. The van der Waals surface area contributed by atoms with Gasteiger partial charge in [-0.2, -0.15) is 4.37 Å². The molecule has 3 aromatic rings. The lowest BCUT2D eigenvalue weighted by Gasteiger charge is -2.29. The highest BCUT2D eigenvalue weighted by Crippen LogP contribution is 2.37. The molecule has 2 atom stereocenters. The number of nitrogens with two attached hydrogens (primary N) is 1. The van der Waals surface area contributed by atoms with Crippen molar-refractivity contribution < 1.29 is 18.1 Å². The van der Waals surface area contributed by atoms with Crippen LogP contribution < -0.4 is 20.1 Å². The van der Waals surface area contributed by atoms with Crippen LogP contribution in [-0.4, -0.2) is 32.6 Å². The van der Waals surface area contributed by atoms with E-state index in [0.29, 0.717) is 12.1 Å². The van der Waals surface area contributed by atoms with Gasteiger partial charge >= 0.3 is 0 Å². The lowest BCUT2D eigenvalue weighted by Crippen LogP contribution is -2.30. The zero-order valence-corrected chi connectivity index (χ0v) is 21.4. The molecule has 184 valence electrons. The smallest absolute Gasteiger partial charge is 0.298 e. The Morgan fingerprint density at radius 3 is 2.77 bits per heavy atom. The van der Waals surface area contributed by atoms with E-state index in [9.17, 15) is 9.00 Å². The van der Waals surface area contributed by atoms with E-state index in [0.717, 1.165) is 22.7 Å². The summed E-state index contributed by atoms with van der Waals surface area (Å²) in [5, 5.41) is 0.270. The summed E-state index contributed by atoms with van der Waals surface area (Å²) in [7, 11) is -0.231. The highest BCUT2D eigenvalue weighted by molar-refractivity contribution is 7.86. The summed E-state index contributed by atoms with van der Waals surface area (Å²) >= 11 is 0.983. The first-order valence-electron chi connectivity index (χ1n) is 10.6. The minimum atomic E-state index is -1.98. The Labute approximate surface area is 210 Å². The Kier molecular flexibility index (Phi) is 8.56. The third kappa shape index (κ3) is 6.85. The zero-order valence-electron chi connectivity index (χ0n) is 19.7. The molecule has 1 aromatic heterocycles. The molecule has 3 rings (SSSR count). The SMILES string of the molecule is C[C@H](c1ccccc1C#CCC(C)(C)N)N(C)c1cc(F)c(S(=O)Nc2ncns2)cc1OC=O. The van der Waals surface area contributed by atoms with Crippen LogP contribution in [0.25, 0.3) is 0 Å². The summed E-state index contributed by atoms with van der Waals surface area (Å²) in [4.78, 5) is 16.7. The van der Waals surface area contributed by atoms with Gasteiger partial charge in [0, 0.05) is 48.2 Å². The number of rotatable bonds is 9. The van der Waals surface area contributed by atoms with E-state index in [-0.39, 0.29) is 28.3 Å². The van der Waals surface area contributed by atoms with Gasteiger partial charge in [-0.1, -0.05) is 30.0 Å². The van der Waals surface area contributed by atoms with Crippen molar-refractivity contribution in [2.75, 3.05) is 16.7 Å². The summed E-state index contributed by atoms with van der Waals surface area (Å²) in [6.45, 7) is 5.99. The maximum absolute atomic E-state index is 15.1. The molecule has 0 amide bonds. The third-order valence-electron chi connectivity index (χ3n) is 5.07. The number of aromatic nitrogens is 2. The quantitative estimate of drug-likeness (QED) is 0.327. The van der Waals surface area contributed by atoms with Gasteiger partial charge in [-0.15, -0.1) is 0 Å². The summed E-state index contributed by atoms with van der Waals surface area (Å²) < 4.78 is 39.2. The molecule has 0 bridgehead atoms. The molecule has 1 heterocycles. The monoisotopic (exact) mass is 515 g/mol. The van der Waals surface area contributed by atoms with Gasteiger partial charge in [-0.05, 0) is 32.4 Å². The fourth-order valence-corrected chi connectivity index (χ4v) is 4.64. The minimum absolute atomic E-state index is 0.0617. The van der Waals surface area contributed by atoms with Gasteiger partial charge in [0.05, 0.1) is 16.6 Å². The lowest BCUT2D eigenvalue weighted by molar-refractivity contribution is -0.120. The molecule has 0 aliphatic rings. The van der Waals surface area contributed by atoms with Crippen molar-refractivity contribution in [2.24, 2.45) is 5.73 Å². The number of carbonyl (C=O) groups is 1. The molecule has 11 heteroatoms. The number of hydrogen-bond acceptors (Lipinski definition) is 8. The van der Waals surface area contributed by atoms with E-state index in [1.54, 1.807) is 11.9 Å². The zero-order chi connectivity index (χ0) is 25.6. The Hall–Kier alpha value is -3.33. The first kappa shape index (κ1) is 26.3. The molecular formula is C24H26FN5O3S2. The number of carbonyl (C=O) groups excluding carboxylic acids is 1. The van der Waals surface area contributed by atoms with E-state index in [1.807, 2.05) is 45.0 Å². The highest BCUT2D eigenvalue weighted by atomic mass is 32.2. The minimum Gasteiger partial charge on any atom is -0.426 e. The Bertz CT molecular complexity index is 1270. The van der Waals surface area contributed by atoms with Crippen molar-refractivity contribution >= 4 is 39.8 Å². The summed E-state index contributed by atoms with van der Waals surface area (Å²) in [5.41, 5.74) is 7.65. The van der Waals surface area contributed by atoms with Crippen LogP contribution >= 0.6 is 11.5 Å². The normalized spacial score (nSPS) is 12.7. The molecule has 0 fully saturated rings. The van der Waals surface area contributed by atoms with Gasteiger partial charge < -0.3 is 15.4 Å². The lowest BCUT2D eigenvalue weighted by atomic mass is 9.98. The van der Waals surface area contributed by atoms with Gasteiger partial charge in [-0.3, -0.25) is 9.52 Å². The molecule has 0 saturated heterocycles. The number of nitrogens with one attached hydrogen (secondary N) is 1. The number of anilines is 2. The van der Waals surface area contributed by atoms with Gasteiger partial charge in [-0.25, -0.2) is 13.6 Å². The molecule has 35 heavy (non-hydrogen) atoms. The van der Waals surface area contributed by atoms with E-state index in [2.05, 4.69) is 25.9 Å². The number of nitrogens with zero attached hydrogens (tertiary/aromatic N) is 3. The largest absolute Gasteiger partial charge is 0.426 e. The first-order chi connectivity index (χ1) is 16.6. The van der Waals surface area contributed by atoms with Crippen LogP contribution in [-0.2, 0) is 15.8 Å². The molecule has 2 aromatic carbocycles. The van der Waals surface area contributed by atoms with E-state index in [4.69, 9.17) is 10.5 Å². The molecule has 0 radical (unpaired) electrons. The maximum Gasteiger partial charge on any atom is 0.298 e. The van der Waals surface area contributed by atoms with Crippen LogP contribution in [0, 0.1) is 17.7 Å². The van der Waals surface area contributed by atoms with Crippen LogP contribution in [0.5, 0.6) is 5.75 Å². The van der Waals surface area contributed by atoms with Crippen LogP contribution in [0.4, 0.5) is 15.2 Å². The van der Waals surface area contributed by atoms with E-state index < -0.39 is 22.3 Å². The van der Waals surface area contributed by atoms with Gasteiger partial charge in [0.1, 0.15) is 12.1 Å². The summed E-state index contributed by atoms with van der Waals surface area (Å²) in [6, 6.07) is 9.79. The van der Waals surface area contributed by atoms with Gasteiger partial charge in [0.15, 0.2) is 16.7 Å². The molecular weight excluding hydrogens is 489 g/mol. The van der Waals surface area contributed by atoms with Gasteiger partial charge in [0.25, 0.3) is 6.47 Å². The average Bonchev–Trinajstić information content (AvgIpc) is 3.31. The van der Waals surface area contributed by atoms with Gasteiger partial charge in [0.2, 0.25) is 5.13 Å². The number of ether oxygens (including phenoxy) is 1. The molecule has 0 saturated carbocycles. The number of benzene rings is 2. The van der Waals surface area contributed by atoms with Crippen LogP contribution in [0.1, 0.15) is 44.4 Å². The van der Waals surface area contributed by atoms with Crippen LogP contribution in [0.2, 0.25) is 0 Å². The van der Waals surface area contributed by atoms with Crippen LogP contribution in [0.3, 0.4) is 0 Å². The fourth-order valence-electron chi connectivity index (χ4n) is 3.20. The van der Waals surface area contributed by atoms with Crippen molar-refractivity contribution in [1.82, 2.24) is 9.36 Å². The third-order valence-corrected chi connectivity index (χ3v) is 6.87. The fraction of sp³-hybridized carbons (Fsp3) is 0.292. The first-order valence-corrected chi connectivity index (χ1v) is 12.5. The summed E-state index contributed by atoms with van der Waals surface area (Å²) in [6.07, 6.45) is 1.82. The predicted molar refractivity (Wildman–Crippen MR) is 136 cm³/mol. The molecule has 1 unspecified atom stereocenters. The molecule has 3 N–H and O–H groups in total. The molecule has 0 aliphatic carbocycles. The topological polar surface area (TPSA) is 110 Å². The molecule has 0 aliphatic heterocycles. The Morgan fingerprint density at radius 2 is 2.11 bits per heavy atom. The second kappa shape index (κ2) is 11.4. The average molecular weight is 516 g/mol. The molecule has 8 nitrogen and oxygen atoms in total. The maximum atomic E-state index is 15.1. The molecule has 0 spiro atoms. The Morgan fingerprint density at radius 1 is 1.37 bits per heavy atom. The van der Waals surface area contributed by atoms with Crippen molar-refractivity contribution in [3.8, 4) is 17.6 Å². The predicted octanol–water partition coefficient (Wildman–Crippen LogP) is 4.02. The van der Waals surface area contributed by atoms with Crippen LogP contribution in [0.15, 0.2) is 47.6 Å². The van der Waals surface area contributed by atoms with E-state index in [1.165, 1.54) is 18.5 Å². The standard InChI is InChI=1S/C24H26FN5O3S2/c1-16(18-10-6-5-8-17(18)9-7-11-24(2,3)26)30(4)20-12-19(25)22(13-21(20)33-15-31)35(32)29-23-27-14-28-34-23/h5-6,8,10,12-16H,11,26H2,1-4H3,(H,27,28,29)/t16-,35?/m1/s1. The highest BCUT2D eigenvalue weighted by Gasteiger charge is 2.23. The van der Waals surface area contributed by atoms with Crippen molar-refractivity contribution in [3.63, 3.8) is 0 Å². The van der Waals surface area contributed by atoms with E-state index >= 15 is 4.39 Å². The van der Waals surface area contributed by atoms with Crippen molar-refractivity contribution in [2.45, 2.75) is 43.7 Å². The second-order valence-electron chi connectivity index (χ2n) is 8.42. The summed E-state index contributed by atoms with van der Waals surface area (Å²) in [5.74, 6) is 5.63. The number of halogens is 1. The van der Waals surface area contributed by atoms with Crippen molar-refractivity contribution in [1.29, 1.82) is 0 Å². The Balaban J connectivity index is 1.94. The van der Waals surface area contributed by atoms with Crippen molar-refractivity contribution in [3.05, 3.63) is 59.7 Å². The second-order valence-corrected chi connectivity index (χ2v) is 10.4.